The number of carbonyl (C=O) groups is 3. The number of benzene rings is 2. The number of amides is 3. The van der Waals surface area contributed by atoms with Crippen LogP contribution in [-0.2, 0) is 20.7 Å². The van der Waals surface area contributed by atoms with Gasteiger partial charge in [-0.3, -0.25) is 9.59 Å². The summed E-state index contributed by atoms with van der Waals surface area (Å²) in [7, 11) is 0. The molecule has 0 bridgehead atoms. The van der Waals surface area contributed by atoms with Crippen LogP contribution in [0.1, 0.15) is 84.0 Å². The minimum Gasteiger partial charge on any atom is -0.444 e. The van der Waals surface area contributed by atoms with Crippen molar-refractivity contribution in [1.82, 2.24) is 15.5 Å². The average Bonchev–Trinajstić information content (AvgIpc) is 2.84. The Morgan fingerprint density at radius 1 is 0.974 bits per heavy atom. The molecule has 0 heterocycles. The molecule has 2 aromatic carbocycles. The van der Waals surface area contributed by atoms with Crippen molar-refractivity contribution in [1.29, 1.82) is 0 Å². The van der Waals surface area contributed by atoms with Crippen molar-refractivity contribution in [3.63, 3.8) is 0 Å². The zero-order valence-electron chi connectivity index (χ0n) is 24.3. The molecule has 210 valence electrons. The van der Waals surface area contributed by atoms with Crippen molar-refractivity contribution < 1.29 is 19.1 Å². The van der Waals surface area contributed by atoms with E-state index in [-0.39, 0.29) is 18.2 Å². The molecule has 2 atom stereocenters. The first-order chi connectivity index (χ1) is 18.3. The third kappa shape index (κ3) is 10.1. The average molecular weight is 534 g/mol. The van der Waals surface area contributed by atoms with Gasteiger partial charge in [0.25, 0.3) is 0 Å². The Morgan fingerprint density at radius 3 is 2.15 bits per heavy atom. The summed E-state index contributed by atoms with van der Waals surface area (Å²) in [6.07, 6.45) is 6.81. The molecule has 0 aromatic heterocycles. The van der Waals surface area contributed by atoms with Crippen molar-refractivity contribution >= 4 is 17.9 Å². The maximum absolute atomic E-state index is 14.4. The van der Waals surface area contributed by atoms with Crippen LogP contribution in [0.25, 0.3) is 0 Å². The molecule has 39 heavy (non-hydrogen) atoms. The maximum Gasteiger partial charge on any atom is 0.408 e. The zero-order chi connectivity index (χ0) is 29.2. The third-order valence-electron chi connectivity index (χ3n) is 5.78. The van der Waals surface area contributed by atoms with Gasteiger partial charge in [0, 0.05) is 24.1 Å². The summed E-state index contributed by atoms with van der Waals surface area (Å²) in [5, 5.41) is 5.80. The Balaban J connectivity index is 2.62. The number of nitrogens with one attached hydrogen (secondary N) is 2. The van der Waals surface area contributed by atoms with Gasteiger partial charge in [0.15, 0.2) is 0 Å². The first kappa shape index (κ1) is 31.4. The van der Waals surface area contributed by atoms with E-state index in [1.54, 1.807) is 49.9 Å². The second-order valence-electron chi connectivity index (χ2n) is 11.6. The first-order valence-electron chi connectivity index (χ1n) is 13.5. The summed E-state index contributed by atoms with van der Waals surface area (Å²) in [4.78, 5) is 42.6. The van der Waals surface area contributed by atoms with E-state index in [1.807, 2.05) is 58.0 Å². The molecule has 0 aliphatic carbocycles. The number of alkyl carbamates (subject to hydrolysis) is 1. The number of hydrogen-bond acceptors (Lipinski definition) is 4. The van der Waals surface area contributed by atoms with E-state index in [0.717, 1.165) is 12.0 Å². The number of ether oxygens (including phenoxy) is 1. The summed E-state index contributed by atoms with van der Waals surface area (Å²) in [6.45, 7) is 13.3. The molecule has 0 aliphatic rings. The highest BCUT2D eigenvalue weighted by Crippen LogP contribution is 2.27. The van der Waals surface area contributed by atoms with Gasteiger partial charge in [-0.2, -0.15) is 0 Å². The Morgan fingerprint density at radius 2 is 1.59 bits per heavy atom. The van der Waals surface area contributed by atoms with E-state index >= 15 is 0 Å². The SMILES string of the molecule is C#Cc1ccccc1C(C(=O)NC(C)(C)C)N(CCCC)C(=O)C(Cc1ccccc1)NC(=O)OC(C)(C)C. The summed E-state index contributed by atoms with van der Waals surface area (Å²) in [5.74, 6) is 1.93. The number of terminal acetylenes is 1. The van der Waals surface area contributed by atoms with E-state index in [2.05, 4.69) is 16.6 Å². The maximum atomic E-state index is 14.4. The minimum absolute atomic E-state index is 0.228. The third-order valence-corrected chi connectivity index (χ3v) is 5.78. The molecule has 0 saturated heterocycles. The van der Waals surface area contributed by atoms with Crippen molar-refractivity contribution in [2.75, 3.05) is 6.54 Å². The second-order valence-corrected chi connectivity index (χ2v) is 11.6. The van der Waals surface area contributed by atoms with Gasteiger partial charge in [-0.05, 0) is 65.2 Å². The van der Waals surface area contributed by atoms with Gasteiger partial charge in [0.05, 0.1) is 0 Å². The molecular formula is C32H43N3O4. The molecule has 2 unspecified atom stereocenters. The lowest BCUT2D eigenvalue weighted by atomic mass is 9.95. The molecule has 0 spiro atoms. The molecule has 3 amide bonds. The van der Waals surface area contributed by atoms with E-state index in [0.29, 0.717) is 24.1 Å². The van der Waals surface area contributed by atoms with Crippen LogP contribution >= 0.6 is 0 Å². The largest absolute Gasteiger partial charge is 0.444 e. The normalized spacial score (nSPS) is 13.0. The van der Waals surface area contributed by atoms with Crippen LogP contribution in [0, 0.1) is 12.3 Å². The number of hydrogen-bond donors (Lipinski definition) is 2. The Bertz CT molecular complexity index is 1160. The molecule has 0 fully saturated rings. The van der Waals surface area contributed by atoms with Gasteiger partial charge < -0.3 is 20.3 Å². The quantitative estimate of drug-likeness (QED) is 0.401. The van der Waals surface area contributed by atoms with Crippen LogP contribution in [0.3, 0.4) is 0 Å². The van der Waals surface area contributed by atoms with Crippen molar-refractivity contribution in [3.05, 3.63) is 71.3 Å². The number of carbonyl (C=O) groups excluding carboxylic acids is 3. The van der Waals surface area contributed by atoms with Gasteiger partial charge in [-0.1, -0.05) is 67.8 Å². The van der Waals surface area contributed by atoms with Gasteiger partial charge in [0.1, 0.15) is 17.7 Å². The molecule has 0 aliphatic heterocycles. The van der Waals surface area contributed by atoms with Crippen LogP contribution < -0.4 is 10.6 Å². The van der Waals surface area contributed by atoms with Gasteiger partial charge >= 0.3 is 6.09 Å². The first-order valence-corrected chi connectivity index (χ1v) is 13.5. The fraction of sp³-hybridized carbons (Fsp3) is 0.469. The Hall–Kier alpha value is -3.79. The Kier molecular flexibility index (Phi) is 11.2. The predicted octanol–water partition coefficient (Wildman–Crippen LogP) is 5.39. The van der Waals surface area contributed by atoms with E-state index < -0.39 is 29.3 Å². The van der Waals surface area contributed by atoms with E-state index in [9.17, 15) is 14.4 Å². The standard InChI is InChI=1S/C32H43N3O4/c1-9-11-21-35(27(28(36)34-31(3,4)5)25-20-16-15-19-24(25)10-2)29(37)26(22-23-17-13-12-14-18-23)33-30(38)39-32(6,7)8/h2,12-20,26-27H,9,11,21-22H2,1,3-8H3,(H,33,38)(H,34,36). The number of rotatable bonds is 10. The van der Waals surface area contributed by atoms with Crippen LogP contribution in [0.15, 0.2) is 54.6 Å². The second kappa shape index (κ2) is 13.8. The molecule has 0 radical (unpaired) electrons. The fourth-order valence-corrected chi connectivity index (χ4v) is 4.15. The summed E-state index contributed by atoms with van der Waals surface area (Å²) in [5.41, 5.74) is 0.662. The zero-order valence-corrected chi connectivity index (χ0v) is 24.3. The van der Waals surface area contributed by atoms with Crippen molar-refractivity contribution in [2.45, 2.75) is 91.0 Å². The summed E-state index contributed by atoms with van der Waals surface area (Å²) < 4.78 is 5.49. The van der Waals surface area contributed by atoms with Gasteiger partial charge in [-0.25, -0.2) is 4.79 Å². The molecule has 7 heteroatoms. The van der Waals surface area contributed by atoms with Crippen molar-refractivity contribution in [2.24, 2.45) is 0 Å². The fourth-order valence-electron chi connectivity index (χ4n) is 4.15. The lowest BCUT2D eigenvalue weighted by molar-refractivity contribution is -0.143. The van der Waals surface area contributed by atoms with Gasteiger partial charge in [-0.15, -0.1) is 6.42 Å². The monoisotopic (exact) mass is 533 g/mol. The Labute approximate surface area is 233 Å². The van der Waals surface area contributed by atoms with Gasteiger partial charge in [0.2, 0.25) is 11.8 Å². The highest BCUT2D eigenvalue weighted by Gasteiger charge is 2.38. The van der Waals surface area contributed by atoms with E-state index in [1.165, 1.54) is 0 Å². The summed E-state index contributed by atoms with van der Waals surface area (Å²) in [6, 6.07) is 14.6. The number of unbranched alkanes of at least 4 members (excludes halogenated alkanes) is 1. The van der Waals surface area contributed by atoms with Crippen LogP contribution in [0.4, 0.5) is 4.79 Å². The van der Waals surface area contributed by atoms with Crippen molar-refractivity contribution in [3.8, 4) is 12.3 Å². The lowest BCUT2D eigenvalue weighted by Gasteiger charge is -2.36. The molecule has 0 saturated carbocycles. The molecular weight excluding hydrogens is 490 g/mol. The smallest absolute Gasteiger partial charge is 0.408 e. The predicted molar refractivity (Wildman–Crippen MR) is 155 cm³/mol. The van der Waals surface area contributed by atoms with Crippen LogP contribution in [0.2, 0.25) is 0 Å². The highest BCUT2D eigenvalue weighted by molar-refractivity contribution is 5.93. The molecule has 7 nitrogen and oxygen atoms in total. The van der Waals surface area contributed by atoms with E-state index in [4.69, 9.17) is 11.2 Å². The minimum atomic E-state index is -0.991. The molecule has 2 N–H and O–H groups in total. The van der Waals surface area contributed by atoms with Crippen LogP contribution in [0.5, 0.6) is 0 Å². The molecule has 2 rings (SSSR count). The molecule has 2 aromatic rings. The lowest BCUT2D eigenvalue weighted by Crippen LogP contribution is -2.55. The number of nitrogens with zero attached hydrogens (tertiary/aromatic N) is 1. The van der Waals surface area contributed by atoms with Crippen LogP contribution in [-0.4, -0.2) is 46.5 Å². The topological polar surface area (TPSA) is 87.7 Å². The highest BCUT2D eigenvalue weighted by atomic mass is 16.6. The summed E-state index contributed by atoms with van der Waals surface area (Å²) >= 11 is 0.